The van der Waals surface area contributed by atoms with Gasteiger partial charge in [-0.05, 0) is 24.6 Å². The molecule has 1 N–H and O–H groups in total. The van der Waals surface area contributed by atoms with Gasteiger partial charge in [-0.15, -0.1) is 0 Å². The number of anilines is 1. The van der Waals surface area contributed by atoms with Gasteiger partial charge >= 0.3 is 12.1 Å². The highest BCUT2D eigenvalue weighted by Gasteiger charge is 2.39. The number of carbonyl (C=O) groups is 1. The number of nitrogens with zero attached hydrogens (tertiary/aromatic N) is 2. The number of benzene rings is 1. The van der Waals surface area contributed by atoms with Crippen LogP contribution in [0.15, 0.2) is 24.3 Å². The molecule has 2 rings (SSSR count). The molecule has 0 radical (unpaired) electrons. The van der Waals surface area contributed by atoms with Crippen molar-refractivity contribution in [1.29, 1.82) is 0 Å². The number of carbonyl (C=O) groups excluding carboxylic acids is 1. The number of hydrogen-bond acceptors (Lipinski definition) is 2. The topological polar surface area (TPSA) is 46.9 Å². The van der Waals surface area contributed by atoms with Gasteiger partial charge < -0.3 is 5.32 Å². The summed E-state index contributed by atoms with van der Waals surface area (Å²) in [6, 6.07) is 5.09. The molecule has 0 aliphatic rings. The zero-order chi connectivity index (χ0) is 16.5. The van der Waals surface area contributed by atoms with Crippen LogP contribution < -0.4 is 5.32 Å². The van der Waals surface area contributed by atoms with Gasteiger partial charge in [0.25, 0.3) is 0 Å². The fourth-order valence-corrected chi connectivity index (χ4v) is 1.96. The maximum atomic E-state index is 13.0. The molecule has 1 heterocycles. The fourth-order valence-electron chi connectivity index (χ4n) is 1.73. The summed E-state index contributed by atoms with van der Waals surface area (Å²) in [7, 11) is 0. The molecule has 0 saturated heterocycles. The number of hydrogen-bond donors (Lipinski definition) is 1. The molecular weight excluding hydrogens is 326 g/mol. The summed E-state index contributed by atoms with van der Waals surface area (Å²) in [5, 5.41) is 5.69. The first-order chi connectivity index (χ1) is 10.2. The molecule has 1 amide bonds. The second-order valence-electron chi connectivity index (χ2n) is 4.52. The molecule has 2 aromatic rings. The molecule has 0 fully saturated rings. The van der Waals surface area contributed by atoms with Crippen LogP contribution in [0.2, 0.25) is 5.02 Å². The second kappa shape index (κ2) is 5.96. The van der Waals surface area contributed by atoms with Crippen LogP contribution in [0.5, 0.6) is 0 Å². The maximum absolute atomic E-state index is 13.0. The largest absolute Gasteiger partial charge is 0.471 e. The summed E-state index contributed by atoms with van der Waals surface area (Å²) in [6.45, 7) is 1.74. The highest BCUT2D eigenvalue weighted by atomic mass is 35.5. The van der Waals surface area contributed by atoms with Gasteiger partial charge in [0.1, 0.15) is 5.82 Å². The third-order valence-electron chi connectivity index (χ3n) is 2.82. The van der Waals surface area contributed by atoms with Crippen LogP contribution in [0.4, 0.5) is 23.4 Å². The van der Waals surface area contributed by atoms with Gasteiger partial charge in [-0.25, -0.2) is 4.39 Å². The number of halogens is 5. The summed E-state index contributed by atoms with van der Waals surface area (Å²) < 4.78 is 50.9. The molecular formula is C13H10ClF4N3O. The van der Waals surface area contributed by atoms with Crippen molar-refractivity contribution in [3.8, 4) is 0 Å². The summed E-state index contributed by atoms with van der Waals surface area (Å²) >= 11 is 5.88. The lowest BCUT2D eigenvalue weighted by molar-refractivity contribution is -0.167. The number of rotatable bonds is 3. The zero-order valence-electron chi connectivity index (χ0n) is 11.2. The minimum atomic E-state index is -4.99. The van der Waals surface area contributed by atoms with Crippen LogP contribution in [-0.4, -0.2) is 21.9 Å². The number of nitrogens with one attached hydrogen (secondary N) is 1. The van der Waals surface area contributed by atoms with Crippen LogP contribution in [0.3, 0.4) is 0 Å². The minimum absolute atomic E-state index is 0.132. The van der Waals surface area contributed by atoms with Crippen molar-refractivity contribution in [2.45, 2.75) is 19.6 Å². The third kappa shape index (κ3) is 3.76. The van der Waals surface area contributed by atoms with E-state index in [-0.39, 0.29) is 17.4 Å². The first-order valence-electron chi connectivity index (χ1n) is 6.03. The van der Waals surface area contributed by atoms with Crippen LogP contribution in [-0.2, 0) is 11.3 Å². The van der Waals surface area contributed by atoms with E-state index in [1.165, 1.54) is 22.9 Å². The summed E-state index contributed by atoms with van der Waals surface area (Å²) in [5.41, 5.74) is 1.06. The predicted octanol–water partition coefficient (Wildman–Crippen LogP) is 3.53. The first kappa shape index (κ1) is 16.3. The smallest absolute Gasteiger partial charge is 0.301 e. The summed E-state index contributed by atoms with van der Waals surface area (Å²) in [6.07, 6.45) is -4.99. The average molecular weight is 336 g/mol. The van der Waals surface area contributed by atoms with Crippen molar-refractivity contribution < 1.29 is 22.4 Å². The van der Waals surface area contributed by atoms with E-state index in [9.17, 15) is 22.4 Å². The SMILES string of the molecule is Cc1cc(NC(=O)C(F)(F)F)nn1Cc1ccc(F)cc1Cl. The Hall–Kier alpha value is -2.09. The van der Waals surface area contributed by atoms with Gasteiger partial charge in [0.2, 0.25) is 0 Å². The van der Waals surface area contributed by atoms with E-state index in [0.717, 1.165) is 6.07 Å². The van der Waals surface area contributed by atoms with E-state index in [0.29, 0.717) is 11.3 Å². The monoisotopic (exact) mass is 335 g/mol. The predicted molar refractivity (Wildman–Crippen MR) is 72.2 cm³/mol. The van der Waals surface area contributed by atoms with Gasteiger partial charge in [0.05, 0.1) is 6.54 Å². The van der Waals surface area contributed by atoms with Gasteiger partial charge in [-0.2, -0.15) is 18.3 Å². The fraction of sp³-hybridized carbons (Fsp3) is 0.231. The van der Waals surface area contributed by atoms with Crippen LogP contribution >= 0.6 is 11.6 Å². The van der Waals surface area contributed by atoms with Crippen LogP contribution in [0, 0.1) is 12.7 Å². The van der Waals surface area contributed by atoms with E-state index in [4.69, 9.17) is 11.6 Å². The Morgan fingerprint density at radius 1 is 1.36 bits per heavy atom. The Morgan fingerprint density at radius 3 is 2.64 bits per heavy atom. The molecule has 1 aromatic heterocycles. The number of aryl methyl sites for hydroxylation is 1. The summed E-state index contributed by atoms with van der Waals surface area (Å²) in [4.78, 5) is 10.9. The molecule has 1 aromatic carbocycles. The van der Waals surface area contributed by atoms with Gasteiger partial charge in [0.15, 0.2) is 5.82 Å². The van der Waals surface area contributed by atoms with Crippen molar-refractivity contribution in [1.82, 2.24) is 9.78 Å². The Balaban J connectivity index is 2.18. The van der Waals surface area contributed by atoms with Gasteiger partial charge in [-0.3, -0.25) is 9.48 Å². The Bertz CT molecular complexity index is 712. The normalized spacial score (nSPS) is 11.5. The van der Waals surface area contributed by atoms with E-state index < -0.39 is 17.9 Å². The molecule has 4 nitrogen and oxygen atoms in total. The molecule has 0 saturated carbocycles. The molecule has 0 bridgehead atoms. The quantitative estimate of drug-likeness (QED) is 0.872. The van der Waals surface area contributed by atoms with Crippen molar-refractivity contribution in [2.24, 2.45) is 0 Å². The molecule has 0 unspecified atom stereocenters. The molecule has 0 atom stereocenters. The number of aromatic nitrogens is 2. The van der Waals surface area contributed by atoms with Crippen LogP contribution in [0.25, 0.3) is 0 Å². The van der Waals surface area contributed by atoms with E-state index >= 15 is 0 Å². The molecule has 0 aliphatic carbocycles. The van der Waals surface area contributed by atoms with Crippen molar-refractivity contribution in [3.05, 3.63) is 46.4 Å². The Morgan fingerprint density at radius 2 is 2.05 bits per heavy atom. The lowest BCUT2D eigenvalue weighted by Crippen LogP contribution is -2.30. The summed E-state index contributed by atoms with van der Waals surface area (Å²) in [5.74, 6) is -2.82. The van der Waals surface area contributed by atoms with Crippen LogP contribution in [0.1, 0.15) is 11.3 Å². The van der Waals surface area contributed by atoms with E-state index in [1.54, 1.807) is 12.2 Å². The molecule has 9 heteroatoms. The zero-order valence-corrected chi connectivity index (χ0v) is 12.0. The third-order valence-corrected chi connectivity index (χ3v) is 3.17. The standard InChI is InChI=1S/C13H10ClF4N3O/c1-7-4-11(19-12(22)13(16,17)18)20-21(7)6-8-2-3-9(15)5-10(8)14/h2-5H,6H2,1H3,(H,19,20,22). The van der Waals surface area contributed by atoms with E-state index in [2.05, 4.69) is 5.10 Å². The Kier molecular flexibility index (Phi) is 4.41. The lowest BCUT2D eigenvalue weighted by Gasteiger charge is -2.07. The van der Waals surface area contributed by atoms with Crippen molar-refractivity contribution in [2.75, 3.05) is 5.32 Å². The highest BCUT2D eigenvalue weighted by molar-refractivity contribution is 6.31. The second-order valence-corrected chi connectivity index (χ2v) is 4.92. The van der Waals surface area contributed by atoms with Crippen molar-refractivity contribution in [3.63, 3.8) is 0 Å². The lowest BCUT2D eigenvalue weighted by atomic mass is 10.2. The average Bonchev–Trinajstić information content (AvgIpc) is 2.72. The molecule has 0 spiro atoms. The maximum Gasteiger partial charge on any atom is 0.471 e. The molecule has 0 aliphatic heterocycles. The van der Waals surface area contributed by atoms with Crippen molar-refractivity contribution >= 4 is 23.3 Å². The van der Waals surface area contributed by atoms with Gasteiger partial charge in [-0.1, -0.05) is 17.7 Å². The first-order valence-corrected chi connectivity index (χ1v) is 6.41. The molecule has 22 heavy (non-hydrogen) atoms. The highest BCUT2D eigenvalue weighted by Crippen LogP contribution is 2.21. The number of alkyl halides is 3. The minimum Gasteiger partial charge on any atom is -0.301 e. The number of amides is 1. The van der Waals surface area contributed by atoms with Gasteiger partial charge in [0, 0.05) is 16.8 Å². The van der Waals surface area contributed by atoms with E-state index in [1.807, 2.05) is 0 Å². The molecule has 118 valence electrons. The Labute approximate surface area is 127 Å².